The first kappa shape index (κ1) is 24.2. The Kier molecular flexibility index (Phi) is 7.29. The minimum Gasteiger partial charge on any atom is -0.378 e. The number of nitro groups is 1. The molecule has 0 aliphatic carbocycles. The van der Waals surface area contributed by atoms with E-state index in [1.54, 1.807) is 18.2 Å². The second-order valence-corrected chi connectivity index (χ2v) is 9.16. The molecule has 1 N–H and O–H groups in total. The fraction of sp³-hybridized carbons (Fsp3) is 0.280. The van der Waals surface area contributed by atoms with Crippen LogP contribution >= 0.6 is 11.3 Å². The second-order valence-electron chi connectivity index (χ2n) is 8.12. The predicted molar refractivity (Wildman–Crippen MR) is 135 cm³/mol. The van der Waals surface area contributed by atoms with Gasteiger partial charge in [0.2, 0.25) is 0 Å². The topological polar surface area (TPSA) is 113 Å². The van der Waals surface area contributed by atoms with Gasteiger partial charge in [0.05, 0.1) is 30.4 Å². The molecule has 1 aliphatic rings. The number of amides is 1. The van der Waals surface area contributed by atoms with E-state index in [-0.39, 0.29) is 16.2 Å². The summed E-state index contributed by atoms with van der Waals surface area (Å²) in [5, 5.41) is 26.2. The lowest BCUT2D eigenvalue weighted by atomic mass is 10.1. The summed E-state index contributed by atoms with van der Waals surface area (Å²) in [6.07, 6.45) is 1.55. The van der Waals surface area contributed by atoms with Crippen LogP contribution < -0.4 is 10.2 Å². The minimum atomic E-state index is -0.448. The molecule has 0 radical (unpaired) electrons. The molecule has 3 aromatic rings. The van der Waals surface area contributed by atoms with E-state index in [0.29, 0.717) is 49.8 Å². The van der Waals surface area contributed by atoms with Crippen LogP contribution in [-0.2, 0) is 16.1 Å². The lowest BCUT2D eigenvalue weighted by Gasteiger charge is -2.28. The zero-order valence-corrected chi connectivity index (χ0v) is 20.3. The van der Waals surface area contributed by atoms with Crippen LogP contribution in [-0.4, -0.2) is 41.7 Å². The highest BCUT2D eigenvalue weighted by molar-refractivity contribution is 7.09. The number of hydrogen-bond acceptors (Lipinski definition) is 7. The average Bonchev–Trinajstić information content (AvgIpc) is 3.48. The van der Waals surface area contributed by atoms with Crippen molar-refractivity contribution in [2.24, 2.45) is 0 Å². The van der Waals surface area contributed by atoms with Crippen LogP contribution in [0, 0.1) is 35.3 Å². The molecule has 1 amide bonds. The summed E-state index contributed by atoms with van der Waals surface area (Å²) in [5.41, 5.74) is 3.54. The number of hydrogen-bond donors (Lipinski definition) is 1. The average molecular weight is 492 g/mol. The molecule has 2 aromatic heterocycles. The number of ether oxygens (including phenoxy) is 1. The Balaban J connectivity index is 1.63. The third kappa shape index (κ3) is 5.26. The Morgan fingerprint density at radius 3 is 2.71 bits per heavy atom. The number of carbonyl (C=O) groups excluding carboxylic acids is 1. The van der Waals surface area contributed by atoms with Crippen LogP contribution in [0.5, 0.6) is 0 Å². The summed E-state index contributed by atoms with van der Waals surface area (Å²) >= 11 is 1.53. The van der Waals surface area contributed by atoms with Crippen LogP contribution in [0.1, 0.15) is 21.8 Å². The van der Waals surface area contributed by atoms with Crippen LogP contribution in [0.2, 0.25) is 0 Å². The molecule has 35 heavy (non-hydrogen) atoms. The minimum absolute atomic E-state index is 0.00421. The van der Waals surface area contributed by atoms with E-state index >= 15 is 0 Å². The first-order valence-electron chi connectivity index (χ1n) is 11.1. The number of carbonyl (C=O) groups is 1. The van der Waals surface area contributed by atoms with Gasteiger partial charge in [-0.3, -0.25) is 14.9 Å². The Labute approximate surface area is 207 Å². The van der Waals surface area contributed by atoms with Gasteiger partial charge in [-0.05, 0) is 55.1 Å². The molecular weight excluding hydrogens is 466 g/mol. The Morgan fingerprint density at radius 2 is 2.06 bits per heavy atom. The molecule has 0 bridgehead atoms. The third-order valence-electron chi connectivity index (χ3n) is 5.90. The summed E-state index contributed by atoms with van der Waals surface area (Å²) < 4.78 is 7.26. The Hall–Kier alpha value is -3.94. The zero-order valence-electron chi connectivity index (χ0n) is 19.5. The number of nitrogens with one attached hydrogen (secondary N) is 1. The lowest BCUT2D eigenvalue weighted by Crippen LogP contribution is -2.36. The summed E-state index contributed by atoms with van der Waals surface area (Å²) in [6.45, 7) is 6.37. The smallest absolute Gasteiger partial charge is 0.294 e. The van der Waals surface area contributed by atoms with Crippen molar-refractivity contribution >= 4 is 34.7 Å². The van der Waals surface area contributed by atoms with E-state index < -0.39 is 5.91 Å². The second kappa shape index (κ2) is 10.5. The number of thiophene rings is 1. The van der Waals surface area contributed by atoms with Gasteiger partial charge in [0.15, 0.2) is 0 Å². The monoisotopic (exact) mass is 491 g/mol. The zero-order chi connectivity index (χ0) is 24.9. The molecule has 1 fully saturated rings. The number of benzene rings is 1. The number of anilines is 1. The number of aromatic nitrogens is 1. The third-order valence-corrected chi connectivity index (χ3v) is 6.78. The molecular formula is C25H25N5O4S. The highest BCUT2D eigenvalue weighted by atomic mass is 32.1. The maximum absolute atomic E-state index is 12.6. The lowest BCUT2D eigenvalue weighted by molar-refractivity contribution is -0.384. The van der Waals surface area contributed by atoms with Crippen LogP contribution in [0.4, 0.5) is 11.4 Å². The van der Waals surface area contributed by atoms with Gasteiger partial charge >= 0.3 is 0 Å². The largest absolute Gasteiger partial charge is 0.378 e. The van der Waals surface area contributed by atoms with E-state index in [1.807, 2.05) is 59.0 Å². The highest BCUT2D eigenvalue weighted by Crippen LogP contribution is 2.33. The van der Waals surface area contributed by atoms with Crippen molar-refractivity contribution in [2.75, 3.05) is 31.2 Å². The SMILES string of the molecule is Cc1cc(/C=C(\C#N)C(=O)NCc2cccs2)c(C)n1-c1ccc(N2CCOCC2)c([N+](=O)[O-])c1. The molecule has 10 heteroatoms. The van der Waals surface area contributed by atoms with Gasteiger partial charge in [-0.25, -0.2) is 0 Å². The van der Waals surface area contributed by atoms with Crippen molar-refractivity contribution in [1.82, 2.24) is 9.88 Å². The number of aryl methyl sites for hydroxylation is 1. The van der Waals surface area contributed by atoms with E-state index in [1.165, 1.54) is 11.3 Å². The quantitative estimate of drug-likeness (QED) is 0.230. The number of rotatable bonds is 7. The van der Waals surface area contributed by atoms with Crippen molar-refractivity contribution in [3.05, 3.63) is 79.3 Å². The van der Waals surface area contributed by atoms with Gasteiger partial charge < -0.3 is 19.5 Å². The molecule has 1 saturated heterocycles. The molecule has 0 unspecified atom stereocenters. The van der Waals surface area contributed by atoms with Crippen molar-refractivity contribution in [1.29, 1.82) is 5.26 Å². The molecule has 9 nitrogen and oxygen atoms in total. The summed E-state index contributed by atoms with van der Waals surface area (Å²) in [6, 6.07) is 12.8. The Bertz CT molecular complexity index is 1310. The van der Waals surface area contributed by atoms with E-state index in [9.17, 15) is 20.2 Å². The van der Waals surface area contributed by atoms with E-state index in [0.717, 1.165) is 16.3 Å². The van der Waals surface area contributed by atoms with E-state index in [4.69, 9.17) is 4.74 Å². The predicted octanol–water partition coefficient (Wildman–Crippen LogP) is 4.12. The molecule has 3 heterocycles. The number of nitriles is 1. The molecule has 1 aromatic carbocycles. The summed E-state index contributed by atoms with van der Waals surface area (Å²) in [5.74, 6) is -0.448. The summed E-state index contributed by atoms with van der Waals surface area (Å²) in [7, 11) is 0. The highest BCUT2D eigenvalue weighted by Gasteiger charge is 2.23. The maximum Gasteiger partial charge on any atom is 0.294 e. The Morgan fingerprint density at radius 1 is 1.29 bits per heavy atom. The van der Waals surface area contributed by atoms with Gasteiger partial charge in [-0.1, -0.05) is 6.07 Å². The first-order valence-corrected chi connectivity index (χ1v) is 12.0. The molecule has 0 saturated carbocycles. The van der Waals surface area contributed by atoms with Gasteiger partial charge in [0.1, 0.15) is 17.3 Å². The van der Waals surface area contributed by atoms with Crippen molar-refractivity contribution in [3.63, 3.8) is 0 Å². The van der Waals surface area contributed by atoms with Crippen molar-refractivity contribution in [3.8, 4) is 11.8 Å². The first-order chi connectivity index (χ1) is 16.9. The van der Waals surface area contributed by atoms with Crippen LogP contribution in [0.3, 0.4) is 0 Å². The molecule has 0 spiro atoms. The number of nitro benzene ring substituents is 1. The van der Waals surface area contributed by atoms with E-state index in [2.05, 4.69) is 5.32 Å². The fourth-order valence-corrected chi connectivity index (χ4v) is 4.82. The maximum atomic E-state index is 12.6. The van der Waals surface area contributed by atoms with Crippen LogP contribution in [0.15, 0.2) is 47.4 Å². The molecule has 180 valence electrons. The standard InChI is InChI=1S/C25H25N5O4S/c1-17-12-19(13-20(15-26)25(31)27-16-22-4-3-11-35-22)18(2)29(17)21-5-6-23(24(14-21)30(32)33)28-7-9-34-10-8-28/h3-6,11-14H,7-10,16H2,1-2H3,(H,27,31)/b20-13+. The van der Waals surface area contributed by atoms with Gasteiger partial charge in [-0.2, -0.15) is 5.26 Å². The van der Waals surface area contributed by atoms with Crippen molar-refractivity contribution < 1.29 is 14.5 Å². The normalized spacial score (nSPS) is 14.0. The van der Waals surface area contributed by atoms with Crippen LogP contribution in [0.25, 0.3) is 11.8 Å². The number of nitrogens with zero attached hydrogens (tertiary/aromatic N) is 4. The van der Waals surface area contributed by atoms with Crippen molar-refractivity contribution in [2.45, 2.75) is 20.4 Å². The fourth-order valence-electron chi connectivity index (χ4n) is 4.18. The number of morpholine rings is 1. The molecule has 4 rings (SSSR count). The van der Waals surface area contributed by atoms with Gasteiger partial charge in [0, 0.05) is 35.4 Å². The molecule has 0 atom stereocenters. The van der Waals surface area contributed by atoms with Gasteiger partial charge in [0.25, 0.3) is 11.6 Å². The van der Waals surface area contributed by atoms with Gasteiger partial charge in [-0.15, -0.1) is 11.3 Å². The molecule has 1 aliphatic heterocycles. The summed E-state index contributed by atoms with van der Waals surface area (Å²) in [4.78, 5) is 27.0.